The Balaban J connectivity index is -0.000000117. The standard InChI is InChI=1S/C4H10N2.3C2H4/c1-2-6-4-3-5-1;3*1-2/h5-6H,1-4H2;3*1-2H2. The molecule has 0 aliphatic carbocycles. The van der Waals surface area contributed by atoms with E-state index >= 15 is 0 Å². The van der Waals surface area contributed by atoms with Gasteiger partial charge in [-0.2, -0.15) is 0 Å². The minimum atomic E-state index is 1.14. The summed E-state index contributed by atoms with van der Waals surface area (Å²) in [7, 11) is 0. The molecule has 0 unspecified atom stereocenters. The van der Waals surface area contributed by atoms with Crippen molar-refractivity contribution in [2.45, 2.75) is 0 Å². The summed E-state index contributed by atoms with van der Waals surface area (Å²) < 4.78 is 0. The van der Waals surface area contributed by atoms with E-state index in [-0.39, 0.29) is 0 Å². The molecule has 2 N–H and O–H groups in total. The highest BCUT2D eigenvalue weighted by Gasteiger charge is 1.91. The molecule has 72 valence electrons. The zero-order valence-electron chi connectivity index (χ0n) is 8.07. The molecule has 0 amide bonds. The molecule has 0 saturated carbocycles. The molecule has 0 aromatic heterocycles. The van der Waals surface area contributed by atoms with Gasteiger partial charge in [-0.1, -0.05) is 0 Å². The fourth-order valence-corrected chi connectivity index (χ4v) is 0.604. The molecule has 0 bridgehead atoms. The molecule has 0 radical (unpaired) electrons. The van der Waals surface area contributed by atoms with Crippen LogP contribution in [-0.2, 0) is 0 Å². The van der Waals surface area contributed by atoms with E-state index in [2.05, 4.69) is 50.1 Å². The van der Waals surface area contributed by atoms with Gasteiger partial charge in [0.2, 0.25) is 0 Å². The van der Waals surface area contributed by atoms with Crippen LogP contribution in [0.5, 0.6) is 0 Å². The van der Waals surface area contributed by atoms with Gasteiger partial charge in [0.25, 0.3) is 0 Å². The van der Waals surface area contributed by atoms with Crippen LogP contribution in [0.15, 0.2) is 39.5 Å². The summed E-state index contributed by atoms with van der Waals surface area (Å²) in [6.45, 7) is 22.6. The third kappa shape index (κ3) is 22.9. The van der Waals surface area contributed by atoms with Crippen LogP contribution in [0.25, 0.3) is 0 Å². The van der Waals surface area contributed by atoms with Crippen molar-refractivity contribution in [2.24, 2.45) is 0 Å². The zero-order chi connectivity index (χ0) is 10.2. The van der Waals surface area contributed by atoms with Crippen molar-refractivity contribution < 1.29 is 0 Å². The van der Waals surface area contributed by atoms with Crippen LogP contribution < -0.4 is 10.6 Å². The lowest BCUT2D eigenvalue weighted by atomic mass is 10.4. The highest BCUT2D eigenvalue weighted by Crippen LogP contribution is 1.65. The quantitative estimate of drug-likeness (QED) is 0.539. The van der Waals surface area contributed by atoms with Crippen molar-refractivity contribution in [3.63, 3.8) is 0 Å². The molecular weight excluding hydrogens is 148 g/mol. The second-order valence-electron chi connectivity index (χ2n) is 1.50. The molecule has 1 fully saturated rings. The Bertz CT molecular complexity index is 44.6. The monoisotopic (exact) mass is 170 g/mol. The predicted octanol–water partition coefficient (Wildman–Crippen LogP) is 1.59. The van der Waals surface area contributed by atoms with E-state index in [9.17, 15) is 0 Å². The lowest BCUT2D eigenvalue weighted by molar-refractivity contribution is 0.534. The van der Waals surface area contributed by atoms with Crippen molar-refractivity contribution in [1.82, 2.24) is 10.6 Å². The summed E-state index contributed by atoms with van der Waals surface area (Å²) in [6.07, 6.45) is 0. The maximum atomic E-state index is 3.22. The summed E-state index contributed by atoms with van der Waals surface area (Å²) in [5, 5.41) is 6.44. The molecule has 0 aromatic rings. The van der Waals surface area contributed by atoms with E-state index in [0.717, 1.165) is 26.2 Å². The molecule has 1 aliphatic heterocycles. The highest BCUT2D eigenvalue weighted by atomic mass is 15.0. The molecule has 1 rings (SSSR count). The Labute approximate surface area is 77.1 Å². The van der Waals surface area contributed by atoms with Crippen LogP contribution in [0, 0.1) is 0 Å². The smallest absolute Gasteiger partial charge is 0.00772 e. The van der Waals surface area contributed by atoms with Gasteiger partial charge in [-0.25, -0.2) is 0 Å². The molecule has 0 aromatic carbocycles. The number of hydrogen-bond donors (Lipinski definition) is 2. The van der Waals surface area contributed by atoms with Gasteiger partial charge in [0.05, 0.1) is 0 Å². The fourth-order valence-electron chi connectivity index (χ4n) is 0.604. The van der Waals surface area contributed by atoms with E-state index in [1.54, 1.807) is 0 Å². The number of piperazine rings is 1. The molecule has 2 nitrogen and oxygen atoms in total. The minimum absolute atomic E-state index is 1.14. The van der Waals surface area contributed by atoms with Crippen molar-refractivity contribution in [3.8, 4) is 0 Å². The predicted molar refractivity (Wildman–Crippen MR) is 59.5 cm³/mol. The first-order chi connectivity index (χ1) is 6.00. The van der Waals surface area contributed by atoms with Crippen LogP contribution in [0.3, 0.4) is 0 Å². The number of hydrogen-bond acceptors (Lipinski definition) is 2. The van der Waals surface area contributed by atoms with Gasteiger partial charge in [-0.3, -0.25) is 0 Å². The molecule has 1 saturated heterocycles. The molecule has 2 heteroatoms. The lowest BCUT2D eigenvalue weighted by Gasteiger charge is -2.11. The summed E-state index contributed by atoms with van der Waals surface area (Å²) in [4.78, 5) is 0. The summed E-state index contributed by atoms with van der Waals surface area (Å²) in [5.41, 5.74) is 0. The Morgan fingerprint density at radius 3 is 0.750 bits per heavy atom. The van der Waals surface area contributed by atoms with Crippen molar-refractivity contribution in [3.05, 3.63) is 39.5 Å². The fraction of sp³-hybridized carbons (Fsp3) is 0.400. The summed E-state index contributed by atoms with van der Waals surface area (Å²) in [6, 6.07) is 0. The zero-order valence-corrected chi connectivity index (χ0v) is 8.07. The van der Waals surface area contributed by atoms with Crippen molar-refractivity contribution in [1.29, 1.82) is 0 Å². The first-order valence-corrected chi connectivity index (χ1v) is 3.91. The first kappa shape index (κ1) is 17.3. The largest absolute Gasteiger partial charge is 0.314 e. The molecule has 0 spiro atoms. The van der Waals surface area contributed by atoms with E-state index in [4.69, 9.17) is 0 Å². The maximum Gasteiger partial charge on any atom is 0.00772 e. The van der Waals surface area contributed by atoms with Gasteiger partial charge in [-0.05, 0) is 0 Å². The van der Waals surface area contributed by atoms with E-state index in [1.807, 2.05) is 0 Å². The Morgan fingerprint density at radius 2 is 0.667 bits per heavy atom. The molecular formula is C10H22N2. The Morgan fingerprint density at radius 1 is 0.500 bits per heavy atom. The van der Waals surface area contributed by atoms with Crippen molar-refractivity contribution in [2.75, 3.05) is 26.2 Å². The first-order valence-electron chi connectivity index (χ1n) is 3.91. The second kappa shape index (κ2) is 32.1. The van der Waals surface area contributed by atoms with Gasteiger partial charge in [0.1, 0.15) is 0 Å². The van der Waals surface area contributed by atoms with Crippen molar-refractivity contribution >= 4 is 0 Å². The highest BCUT2D eigenvalue weighted by molar-refractivity contribution is 4.59. The van der Waals surface area contributed by atoms with Crippen LogP contribution in [0.1, 0.15) is 0 Å². The Hall–Kier alpha value is -0.860. The van der Waals surface area contributed by atoms with Gasteiger partial charge in [-0.15, -0.1) is 39.5 Å². The van der Waals surface area contributed by atoms with Gasteiger partial charge in [0, 0.05) is 26.2 Å². The topological polar surface area (TPSA) is 24.1 Å². The third-order valence-electron chi connectivity index (χ3n) is 0.957. The average Bonchev–Trinajstić information content (AvgIpc) is 2.29. The van der Waals surface area contributed by atoms with Crippen LogP contribution in [0.4, 0.5) is 0 Å². The second-order valence-corrected chi connectivity index (χ2v) is 1.50. The van der Waals surface area contributed by atoms with Gasteiger partial charge in [0.15, 0.2) is 0 Å². The average molecular weight is 170 g/mol. The third-order valence-corrected chi connectivity index (χ3v) is 0.957. The Kier molecular flexibility index (Phi) is 46.2. The van der Waals surface area contributed by atoms with E-state index < -0.39 is 0 Å². The molecule has 12 heavy (non-hydrogen) atoms. The molecule has 0 atom stereocenters. The summed E-state index contributed by atoms with van der Waals surface area (Å²) >= 11 is 0. The lowest BCUT2D eigenvalue weighted by Crippen LogP contribution is -2.39. The minimum Gasteiger partial charge on any atom is -0.314 e. The van der Waals surface area contributed by atoms with Gasteiger partial charge < -0.3 is 10.6 Å². The number of rotatable bonds is 0. The number of nitrogens with one attached hydrogen (secondary N) is 2. The van der Waals surface area contributed by atoms with Crippen LogP contribution >= 0.6 is 0 Å². The normalized spacial score (nSPS) is 13.0. The SMILES string of the molecule is C1CNCCN1.C=C.C=C.C=C. The van der Waals surface area contributed by atoms with E-state index in [1.165, 1.54) is 0 Å². The van der Waals surface area contributed by atoms with Crippen LogP contribution in [-0.4, -0.2) is 26.2 Å². The molecule has 1 heterocycles. The summed E-state index contributed by atoms with van der Waals surface area (Å²) in [5.74, 6) is 0. The van der Waals surface area contributed by atoms with Gasteiger partial charge >= 0.3 is 0 Å². The molecule has 1 aliphatic rings. The van der Waals surface area contributed by atoms with E-state index in [0.29, 0.717) is 0 Å². The maximum absolute atomic E-state index is 3.22. The van der Waals surface area contributed by atoms with Crippen LogP contribution in [0.2, 0.25) is 0 Å².